The second-order valence-corrected chi connectivity index (χ2v) is 2.72. The van der Waals surface area contributed by atoms with Crippen molar-refractivity contribution in [3.05, 3.63) is 0 Å². The fourth-order valence-corrected chi connectivity index (χ4v) is 1.01. The number of carbonyl (C=O) groups excluding carboxylic acids is 1. The van der Waals surface area contributed by atoms with E-state index in [1.54, 1.807) is 0 Å². The summed E-state index contributed by atoms with van der Waals surface area (Å²) >= 11 is 0. The van der Waals surface area contributed by atoms with Crippen molar-refractivity contribution in [3.8, 4) is 12.3 Å². The Kier molecular flexibility index (Phi) is 2.08. The highest BCUT2D eigenvalue weighted by molar-refractivity contribution is 5.96. The molecule has 0 amide bonds. The quantitative estimate of drug-likeness (QED) is 0.430. The monoisotopic (exact) mass is 137 g/mol. The van der Waals surface area contributed by atoms with Gasteiger partial charge >= 0.3 is 0 Å². The van der Waals surface area contributed by atoms with Gasteiger partial charge in [0, 0.05) is 5.92 Å². The highest BCUT2D eigenvalue weighted by Crippen LogP contribution is 2.15. The molecular formula is C8H11NO. The highest BCUT2D eigenvalue weighted by Gasteiger charge is 2.27. The van der Waals surface area contributed by atoms with Gasteiger partial charge in [-0.15, -0.1) is 6.42 Å². The van der Waals surface area contributed by atoms with E-state index in [9.17, 15) is 4.79 Å². The van der Waals surface area contributed by atoms with Gasteiger partial charge in [-0.05, 0) is 24.9 Å². The van der Waals surface area contributed by atoms with Crippen molar-refractivity contribution in [2.75, 3.05) is 13.1 Å². The predicted molar refractivity (Wildman–Crippen MR) is 39.4 cm³/mol. The fraction of sp³-hybridized carbons (Fsp3) is 0.625. The standard InChI is InChI=1S/C8H11NO/c1-3-8(10)6(2)7-4-9-5-7/h1,6-7,9H,4-5H2,2H3. The molecule has 1 N–H and O–H groups in total. The Balaban J connectivity index is 2.41. The van der Waals surface area contributed by atoms with Gasteiger partial charge in [0.1, 0.15) is 0 Å². The van der Waals surface area contributed by atoms with E-state index in [-0.39, 0.29) is 11.7 Å². The van der Waals surface area contributed by atoms with Crippen LogP contribution >= 0.6 is 0 Å². The van der Waals surface area contributed by atoms with Crippen LogP contribution in [-0.4, -0.2) is 18.9 Å². The second-order valence-electron chi connectivity index (χ2n) is 2.72. The molecule has 1 aliphatic rings. The summed E-state index contributed by atoms with van der Waals surface area (Å²) < 4.78 is 0. The van der Waals surface area contributed by atoms with Crippen LogP contribution in [-0.2, 0) is 4.79 Å². The summed E-state index contributed by atoms with van der Waals surface area (Å²) in [6, 6.07) is 0. The molecule has 0 saturated carbocycles. The van der Waals surface area contributed by atoms with Gasteiger partial charge in [-0.1, -0.05) is 6.92 Å². The molecule has 0 bridgehead atoms. The largest absolute Gasteiger partial charge is 0.316 e. The lowest BCUT2D eigenvalue weighted by Crippen LogP contribution is -2.47. The Morgan fingerprint density at radius 2 is 2.40 bits per heavy atom. The van der Waals surface area contributed by atoms with Gasteiger partial charge < -0.3 is 5.32 Å². The number of carbonyl (C=O) groups is 1. The Bertz CT molecular complexity index is 176. The Morgan fingerprint density at radius 1 is 1.80 bits per heavy atom. The maximum Gasteiger partial charge on any atom is 0.208 e. The molecule has 54 valence electrons. The van der Waals surface area contributed by atoms with E-state index in [1.807, 2.05) is 6.92 Å². The second kappa shape index (κ2) is 2.85. The third-order valence-corrected chi connectivity index (χ3v) is 2.08. The van der Waals surface area contributed by atoms with Crippen molar-refractivity contribution < 1.29 is 4.79 Å². The van der Waals surface area contributed by atoms with E-state index in [0.717, 1.165) is 13.1 Å². The van der Waals surface area contributed by atoms with Crippen molar-refractivity contribution in [2.24, 2.45) is 11.8 Å². The molecule has 0 aliphatic carbocycles. The van der Waals surface area contributed by atoms with Crippen molar-refractivity contribution in [2.45, 2.75) is 6.92 Å². The number of terminal acetylenes is 1. The molecule has 1 unspecified atom stereocenters. The summed E-state index contributed by atoms with van der Waals surface area (Å²) in [5.41, 5.74) is 0. The third kappa shape index (κ3) is 1.19. The first kappa shape index (κ1) is 7.30. The molecule has 1 fully saturated rings. The van der Waals surface area contributed by atoms with Crippen LogP contribution in [0.15, 0.2) is 0 Å². The first-order valence-electron chi connectivity index (χ1n) is 3.47. The predicted octanol–water partition coefficient (Wildman–Crippen LogP) is 0.0442. The number of hydrogen-bond donors (Lipinski definition) is 1. The van der Waals surface area contributed by atoms with Crippen molar-refractivity contribution in [1.82, 2.24) is 5.32 Å². The van der Waals surface area contributed by atoms with E-state index in [1.165, 1.54) is 0 Å². The van der Waals surface area contributed by atoms with Gasteiger partial charge in [0.2, 0.25) is 5.78 Å². The summed E-state index contributed by atoms with van der Waals surface area (Å²) in [4.78, 5) is 10.9. The minimum absolute atomic E-state index is 0.0475. The molecule has 1 heterocycles. The van der Waals surface area contributed by atoms with Crippen molar-refractivity contribution in [3.63, 3.8) is 0 Å². The van der Waals surface area contributed by atoms with Crippen LogP contribution in [0.25, 0.3) is 0 Å². The SMILES string of the molecule is C#CC(=O)C(C)C1CNC1. The lowest BCUT2D eigenvalue weighted by molar-refractivity contribution is -0.118. The summed E-state index contributed by atoms with van der Waals surface area (Å²) in [7, 11) is 0. The topological polar surface area (TPSA) is 29.1 Å². The molecule has 0 spiro atoms. The van der Waals surface area contributed by atoms with Crippen LogP contribution in [0.2, 0.25) is 0 Å². The summed E-state index contributed by atoms with van der Waals surface area (Å²) in [6.07, 6.45) is 4.97. The Morgan fingerprint density at radius 3 is 2.70 bits per heavy atom. The van der Waals surface area contributed by atoms with Gasteiger partial charge in [0.05, 0.1) is 0 Å². The van der Waals surface area contributed by atoms with E-state index >= 15 is 0 Å². The highest BCUT2D eigenvalue weighted by atomic mass is 16.1. The number of nitrogens with one attached hydrogen (secondary N) is 1. The smallest absolute Gasteiger partial charge is 0.208 e. The molecular weight excluding hydrogens is 126 g/mol. The molecule has 1 rings (SSSR count). The minimum atomic E-state index is -0.0634. The van der Waals surface area contributed by atoms with Crippen LogP contribution in [0.4, 0.5) is 0 Å². The first-order valence-corrected chi connectivity index (χ1v) is 3.47. The lowest BCUT2D eigenvalue weighted by Gasteiger charge is -2.30. The number of Topliss-reactive ketones (excluding diaryl/α,β-unsaturated/α-hetero) is 1. The number of ketones is 1. The maximum atomic E-state index is 10.9. The molecule has 0 aromatic carbocycles. The molecule has 0 aromatic rings. The van der Waals surface area contributed by atoms with E-state index in [2.05, 4.69) is 11.2 Å². The van der Waals surface area contributed by atoms with Crippen LogP contribution in [0.1, 0.15) is 6.92 Å². The average Bonchev–Trinajstić information content (AvgIpc) is 1.82. The van der Waals surface area contributed by atoms with Gasteiger partial charge in [-0.3, -0.25) is 4.79 Å². The maximum absolute atomic E-state index is 10.9. The average molecular weight is 137 g/mol. The fourth-order valence-electron chi connectivity index (χ4n) is 1.01. The van der Waals surface area contributed by atoms with Gasteiger partial charge in [0.25, 0.3) is 0 Å². The molecule has 1 saturated heterocycles. The van der Waals surface area contributed by atoms with Crippen LogP contribution in [0.5, 0.6) is 0 Å². The third-order valence-electron chi connectivity index (χ3n) is 2.08. The molecule has 1 atom stereocenters. The van der Waals surface area contributed by atoms with E-state index in [0.29, 0.717) is 5.92 Å². The zero-order chi connectivity index (χ0) is 7.56. The van der Waals surface area contributed by atoms with Crippen LogP contribution in [0.3, 0.4) is 0 Å². The van der Waals surface area contributed by atoms with E-state index in [4.69, 9.17) is 6.42 Å². The van der Waals surface area contributed by atoms with E-state index < -0.39 is 0 Å². The van der Waals surface area contributed by atoms with Crippen LogP contribution < -0.4 is 5.32 Å². The lowest BCUT2D eigenvalue weighted by atomic mass is 9.86. The molecule has 10 heavy (non-hydrogen) atoms. The molecule has 0 radical (unpaired) electrons. The van der Waals surface area contributed by atoms with Crippen LogP contribution in [0, 0.1) is 24.2 Å². The molecule has 1 aliphatic heterocycles. The molecule has 0 aromatic heterocycles. The normalized spacial score (nSPS) is 20.8. The molecule has 2 nitrogen and oxygen atoms in total. The summed E-state index contributed by atoms with van der Waals surface area (Å²) in [6.45, 7) is 3.77. The Hall–Kier alpha value is -0.810. The summed E-state index contributed by atoms with van der Waals surface area (Å²) in [5, 5.41) is 3.10. The zero-order valence-corrected chi connectivity index (χ0v) is 6.05. The number of rotatable bonds is 2. The zero-order valence-electron chi connectivity index (χ0n) is 6.05. The van der Waals surface area contributed by atoms with Gasteiger partial charge in [-0.25, -0.2) is 0 Å². The number of hydrogen-bond acceptors (Lipinski definition) is 2. The van der Waals surface area contributed by atoms with Crippen molar-refractivity contribution in [1.29, 1.82) is 0 Å². The molecule has 2 heteroatoms. The minimum Gasteiger partial charge on any atom is -0.316 e. The first-order chi connectivity index (χ1) is 4.75. The Labute approximate surface area is 61.0 Å². The van der Waals surface area contributed by atoms with Gasteiger partial charge in [-0.2, -0.15) is 0 Å². The van der Waals surface area contributed by atoms with Crippen molar-refractivity contribution >= 4 is 5.78 Å². The van der Waals surface area contributed by atoms with Gasteiger partial charge in [0.15, 0.2) is 0 Å². The summed E-state index contributed by atoms with van der Waals surface area (Å²) in [5.74, 6) is 2.61.